The summed E-state index contributed by atoms with van der Waals surface area (Å²) < 4.78 is 24.9. The molecule has 0 aromatic heterocycles. The van der Waals surface area contributed by atoms with Gasteiger partial charge in [0.05, 0.1) is 30.0 Å². The molecule has 1 spiro atoms. The first-order valence-electron chi connectivity index (χ1n) is 14.7. The number of ether oxygens (including phenoxy) is 4. The van der Waals surface area contributed by atoms with Crippen LogP contribution in [-0.2, 0) is 18.9 Å². The minimum atomic E-state index is -0.942. The summed E-state index contributed by atoms with van der Waals surface area (Å²) in [6, 6.07) is 9.52. The van der Waals surface area contributed by atoms with E-state index in [9.17, 15) is 9.90 Å². The molecule has 208 valence electrons. The molecular formula is C31H43NO6. The number of esters is 1. The largest absolute Gasteiger partial charge is 0.458 e. The van der Waals surface area contributed by atoms with Crippen LogP contribution in [-0.4, -0.2) is 87.0 Å². The lowest BCUT2D eigenvalue weighted by atomic mass is 9.43. The molecule has 0 radical (unpaired) electrons. The van der Waals surface area contributed by atoms with Gasteiger partial charge in [-0.25, -0.2) is 4.79 Å². The molecule has 0 amide bonds. The van der Waals surface area contributed by atoms with Crippen LogP contribution in [0.2, 0.25) is 0 Å². The van der Waals surface area contributed by atoms with Crippen LogP contribution in [0.25, 0.3) is 0 Å². The third kappa shape index (κ3) is 2.95. The normalized spacial score (nSPS) is 50.2. The van der Waals surface area contributed by atoms with Crippen LogP contribution in [0.1, 0.15) is 49.4 Å². The van der Waals surface area contributed by atoms with Crippen molar-refractivity contribution in [3.63, 3.8) is 0 Å². The highest BCUT2D eigenvalue weighted by molar-refractivity contribution is 5.89. The summed E-state index contributed by atoms with van der Waals surface area (Å²) in [5, 5.41) is 12.9. The molecule has 7 nitrogen and oxygen atoms in total. The molecule has 0 unspecified atom stereocenters. The SMILES string of the molecule is CCN1C[C@]2(COC)CC[C@H](OC)[C@@]34[C@@H]5C[C@H]6[C@H](OC(=O)c7ccccc7)[C@@H]5[C@](O)(C[C@@H]6OC)[C@@H](C[C@@H]23)[C@@H]14. The molecule has 12 atom stereocenters. The zero-order valence-electron chi connectivity index (χ0n) is 23.2. The van der Waals surface area contributed by atoms with Gasteiger partial charge in [-0.1, -0.05) is 25.1 Å². The number of hydrogen-bond donors (Lipinski definition) is 1. The Hall–Kier alpha value is -1.51. The number of fused-ring (bicyclic) bond motifs is 2. The maximum atomic E-state index is 13.4. The van der Waals surface area contributed by atoms with Crippen LogP contribution in [0.3, 0.4) is 0 Å². The van der Waals surface area contributed by atoms with Crippen molar-refractivity contribution in [2.75, 3.05) is 41.0 Å². The Morgan fingerprint density at radius 1 is 1.11 bits per heavy atom. The number of carbonyl (C=O) groups excluding carboxylic acids is 1. The lowest BCUT2D eigenvalue weighted by Crippen LogP contribution is -2.76. The molecule has 1 saturated heterocycles. The van der Waals surface area contributed by atoms with Gasteiger partial charge in [0.15, 0.2) is 0 Å². The molecule has 7 heteroatoms. The summed E-state index contributed by atoms with van der Waals surface area (Å²) in [6.07, 6.45) is 4.25. The fourth-order valence-corrected chi connectivity index (χ4v) is 11.5. The van der Waals surface area contributed by atoms with Gasteiger partial charge in [-0.05, 0) is 56.2 Å². The van der Waals surface area contributed by atoms with E-state index in [-0.39, 0.29) is 64.8 Å². The van der Waals surface area contributed by atoms with Gasteiger partial charge in [-0.15, -0.1) is 0 Å². The zero-order valence-corrected chi connectivity index (χ0v) is 23.2. The minimum Gasteiger partial charge on any atom is -0.458 e. The first kappa shape index (κ1) is 25.5. The van der Waals surface area contributed by atoms with Crippen LogP contribution in [0.15, 0.2) is 30.3 Å². The van der Waals surface area contributed by atoms with E-state index in [1.807, 2.05) is 44.6 Å². The second-order valence-electron chi connectivity index (χ2n) is 13.2. The van der Waals surface area contributed by atoms with E-state index in [4.69, 9.17) is 18.9 Å². The molecule has 7 rings (SSSR count). The number of aliphatic hydroxyl groups is 1. The van der Waals surface area contributed by atoms with Crippen molar-refractivity contribution in [3.8, 4) is 0 Å². The van der Waals surface area contributed by atoms with Gasteiger partial charge < -0.3 is 24.1 Å². The van der Waals surface area contributed by atoms with E-state index in [1.165, 1.54) is 0 Å². The highest BCUT2D eigenvalue weighted by Gasteiger charge is 2.84. The molecule has 6 fully saturated rings. The Balaban J connectivity index is 1.38. The van der Waals surface area contributed by atoms with Crippen LogP contribution in [0.4, 0.5) is 0 Å². The molecule has 38 heavy (non-hydrogen) atoms. The topological polar surface area (TPSA) is 77.5 Å². The molecule has 5 aliphatic carbocycles. The summed E-state index contributed by atoms with van der Waals surface area (Å²) in [5.41, 5.74) is -0.405. The second kappa shape index (κ2) is 8.74. The first-order valence-corrected chi connectivity index (χ1v) is 14.7. The molecule has 5 saturated carbocycles. The standard InChI is InChI=1S/C31H43NO6/c1-5-32-16-29(17-35-2)12-11-24(37-4)31-20-13-19-22(36-3)15-30(34,21(27(31)32)14-23(29)31)25(20)26(19)38-28(33)18-9-7-6-8-10-18/h6-10,19-27,34H,5,11-17H2,1-4H3/t19-,20-,21+,22+,23+,24+,25-,26+,27-,29+,30+,31-/m1/s1. The van der Waals surface area contributed by atoms with Gasteiger partial charge in [0, 0.05) is 68.9 Å². The van der Waals surface area contributed by atoms with Crippen molar-refractivity contribution in [3.05, 3.63) is 35.9 Å². The lowest BCUT2D eigenvalue weighted by Gasteiger charge is -2.69. The van der Waals surface area contributed by atoms with Crippen molar-refractivity contribution >= 4 is 5.97 Å². The number of hydrogen-bond acceptors (Lipinski definition) is 7. The van der Waals surface area contributed by atoms with Crippen LogP contribution in [0, 0.1) is 40.4 Å². The predicted molar refractivity (Wildman–Crippen MR) is 141 cm³/mol. The molecule has 1 aromatic rings. The van der Waals surface area contributed by atoms with Gasteiger partial charge >= 0.3 is 5.97 Å². The average Bonchev–Trinajstić information content (AvgIpc) is 3.38. The van der Waals surface area contributed by atoms with Gasteiger partial charge in [0.25, 0.3) is 0 Å². The van der Waals surface area contributed by atoms with Gasteiger partial charge in [0.1, 0.15) is 6.10 Å². The predicted octanol–water partition coefficient (Wildman–Crippen LogP) is 3.40. The van der Waals surface area contributed by atoms with Crippen molar-refractivity contribution in [2.45, 2.75) is 69.0 Å². The molecule has 1 N–H and O–H groups in total. The third-order valence-corrected chi connectivity index (χ3v) is 12.4. The van der Waals surface area contributed by atoms with E-state index in [2.05, 4.69) is 11.8 Å². The lowest BCUT2D eigenvalue weighted by molar-refractivity contribution is -0.276. The summed E-state index contributed by atoms with van der Waals surface area (Å²) in [5.74, 6) is 0.395. The number of likely N-dealkylation sites (tertiary alicyclic amines) is 1. The molecule has 6 aliphatic rings. The summed E-state index contributed by atoms with van der Waals surface area (Å²) in [7, 11) is 5.47. The zero-order chi connectivity index (χ0) is 26.4. The fraction of sp³-hybridized carbons (Fsp3) is 0.774. The van der Waals surface area contributed by atoms with E-state index in [1.54, 1.807) is 7.11 Å². The number of benzene rings is 1. The maximum Gasteiger partial charge on any atom is 0.338 e. The smallest absolute Gasteiger partial charge is 0.338 e. The average molecular weight is 526 g/mol. The molecule has 1 aromatic carbocycles. The minimum absolute atomic E-state index is 0.0645. The Bertz CT molecular complexity index is 1080. The summed E-state index contributed by atoms with van der Waals surface area (Å²) in [6.45, 7) is 4.99. The Kier molecular flexibility index (Phi) is 5.86. The Morgan fingerprint density at radius 2 is 1.89 bits per heavy atom. The number of nitrogens with zero attached hydrogens (tertiary/aromatic N) is 1. The van der Waals surface area contributed by atoms with Crippen molar-refractivity contribution in [1.29, 1.82) is 0 Å². The van der Waals surface area contributed by atoms with E-state index >= 15 is 0 Å². The molecule has 7 bridgehead atoms. The van der Waals surface area contributed by atoms with Gasteiger partial charge in [0.2, 0.25) is 0 Å². The van der Waals surface area contributed by atoms with Crippen molar-refractivity contribution in [1.82, 2.24) is 4.90 Å². The maximum absolute atomic E-state index is 13.4. The third-order valence-electron chi connectivity index (χ3n) is 12.4. The molecule has 1 aliphatic heterocycles. The van der Waals surface area contributed by atoms with E-state index in [0.29, 0.717) is 17.9 Å². The van der Waals surface area contributed by atoms with E-state index < -0.39 is 5.60 Å². The molecule has 1 heterocycles. The Morgan fingerprint density at radius 3 is 2.58 bits per heavy atom. The van der Waals surface area contributed by atoms with Crippen LogP contribution in [0.5, 0.6) is 0 Å². The molecular weight excluding hydrogens is 482 g/mol. The number of methoxy groups -OCH3 is 3. The highest BCUT2D eigenvalue weighted by atomic mass is 16.6. The number of rotatable bonds is 7. The quantitative estimate of drug-likeness (QED) is 0.547. The first-order chi connectivity index (χ1) is 18.4. The Labute approximate surface area is 226 Å². The number of piperidine rings is 1. The summed E-state index contributed by atoms with van der Waals surface area (Å²) >= 11 is 0. The second-order valence-corrected chi connectivity index (χ2v) is 13.2. The van der Waals surface area contributed by atoms with Gasteiger partial charge in [-0.2, -0.15) is 0 Å². The van der Waals surface area contributed by atoms with Crippen LogP contribution >= 0.6 is 0 Å². The fourth-order valence-electron chi connectivity index (χ4n) is 11.5. The summed E-state index contributed by atoms with van der Waals surface area (Å²) in [4.78, 5) is 16.1. The van der Waals surface area contributed by atoms with Crippen molar-refractivity contribution < 1.29 is 28.8 Å². The van der Waals surface area contributed by atoms with Crippen molar-refractivity contribution in [2.24, 2.45) is 40.4 Å². The monoisotopic (exact) mass is 525 g/mol. The van der Waals surface area contributed by atoms with Crippen LogP contribution < -0.4 is 0 Å². The number of carbonyl (C=O) groups is 1. The van der Waals surface area contributed by atoms with E-state index in [0.717, 1.165) is 45.4 Å². The van der Waals surface area contributed by atoms with Gasteiger partial charge in [-0.3, -0.25) is 4.90 Å². The highest BCUT2D eigenvalue weighted by Crippen LogP contribution is 2.79.